The van der Waals surface area contributed by atoms with Crippen molar-refractivity contribution in [2.24, 2.45) is 0 Å². The first-order valence-electron chi connectivity index (χ1n) is 8.01. The van der Waals surface area contributed by atoms with Gasteiger partial charge in [0, 0.05) is 0 Å². The van der Waals surface area contributed by atoms with E-state index >= 15 is 0 Å². The first kappa shape index (κ1) is 35.4. The predicted molar refractivity (Wildman–Crippen MR) is 159 cm³/mol. The van der Waals surface area contributed by atoms with Crippen molar-refractivity contribution in [1.29, 1.82) is 0 Å². The monoisotopic (exact) mass is 792 g/mol. The van der Waals surface area contributed by atoms with Gasteiger partial charge in [-0.05, 0) is 0 Å². The van der Waals surface area contributed by atoms with Crippen LogP contribution >= 0.6 is 174 Å². The van der Waals surface area contributed by atoms with E-state index in [1.54, 1.807) is 0 Å². The Labute approximate surface area is 278 Å². The average Bonchev–Trinajstić information content (AvgIpc) is 2.87. The zero-order valence-electron chi connectivity index (χ0n) is 16.0. The third-order valence-electron chi connectivity index (χ3n) is 3.56. The Morgan fingerprint density at radius 3 is 0.389 bits per heavy atom. The van der Waals surface area contributed by atoms with Gasteiger partial charge in [0.1, 0.15) is 30.1 Å². The lowest BCUT2D eigenvalue weighted by molar-refractivity contribution is 0.475. The van der Waals surface area contributed by atoms with Gasteiger partial charge in [0.15, 0.2) is 17.2 Å². The molecule has 0 aliphatic rings. The minimum Gasteiger partial charge on any atom is -0.505 e. The normalized spacial score (nSPS) is 10.4. The Morgan fingerprint density at radius 1 is 0.194 bits per heavy atom. The SMILES string of the molecule is Oc1c(Cl)c(Cl)c(Cl)c(Cl)c1Cl.Oc1c(Cl)c(Cl)c(Cl)c(Cl)c1Cl.Oc1c(Cl)c(Cl)c(Cl)c(Cl)c1Cl. The van der Waals surface area contributed by atoms with Crippen molar-refractivity contribution in [2.75, 3.05) is 0 Å². The van der Waals surface area contributed by atoms with Crippen LogP contribution in [0.2, 0.25) is 75.3 Å². The highest BCUT2D eigenvalue weighted by Gasteiger charge is 2.20. The quantitative estimate of drug-likeness (QED) is 0.157. The number of rotatable bonds is 0. The standard InChI is InChI=1S/3C6HCl5O/c3*7-1-2(8)4(10)6(12)5(11)3(1)9/h3*12H. The molecule has 0 spiro atoms. The van der Waals surface area contributed by atoms with Gasteiger partial charge in [0.2, 0.25) is 0 Å². The Hall–Kier alpha value is 1.41. The fraction of sp³-hybridized carbons (Fsp3) is 0. The molecule has 0 aliphatic carbocycles. The molecule has 0 fully saturated rings. The minimum atomic E-state index is -0.363. The molecule has 0 aliphatic heterocycles. The molecule has 18 heteroatoms. The van der Waals surface area contributed by atoms with Crippen LogP contribution in [0.25, 0.3) is 0 Å². The maximum atomic E-state index is 9.20. The van der Waals surface area contributed by atoms with Crippen LogP contribution in [0.15, 0.2) is 0 Å². The van der Waals surface area contributed by atoms with Crippen LogP contribution in [0.3, 0.4) is 0 Å². The highest BCUT2D eigenvalue weighted by molar-refractivity contribution is 6.57. The lowest BCUT2D eigenvalue weighted by atomic mass is 10.3. The molecule has 3 aromatic carbocycles. The maximum absolute atomic E-state index is 9.20. The Kier molecular flexibility index (Phi) is 14.6. The van der Waals surface area contributed by atoms with Crippen molar-refractivity contribution in [3.05, 3.63) is 75.3 Å². The zero-order chi connectivity index (χ0) is 28.4. The summed E-state index contributed by atoms with van der Waals surface area (Å²) in [6, 6.07) is 0. The molecular formula is C18H3Cl15O3. The lowest BCUT2D eigenvalue weighted by Crippen LogP contribution is -1.78. The van der Waals surface area contributed by atoms with E-state index in [4.69, 9.17) is 174 Å². The highest BCUT2D eigenvalue weighted by atomic mass is 35.5. The van der Waals surface area contributed by atoms with Gasteiger partial charge in [-0.2, -0.15) is 0 Å². The van der Waals surface area contributed by atoms with Crippen LogP contribution < -0.4 is 0 Å². The second-order valence-electron chi connectivity index (χ2n) is 5.76. The summed E-state index contributed by atoms with van der Waals surface area (Å²) in [7, 11) is 0. The Balaban J connectivity index is 0.000000270. The second kappa shape index (κ2) is 14.9. The van der Waals surface area contributed by atoms with Crippen molar-refractivity contribution in [1.82, 2.24) is 0 Å². The van der Waals surface area contributed by atoms with Crippen molar-refractivity contribution in [2.45, 2.75) is 0 Å². The van der Waals surface area contributed by atoms with E-state index in [0.717, 1.165) is 0 Å². The van der Waals surface area contributed by atoms with E-state index < -0.39 is 0 Å². The molecule has 3 N–H and O–H groups in total. The molecule has 0 aromatic heterocycles. The number of benzene rings is 3. The van der Waals surface area contributed by atoms with E-state index in [-0.39, 0.29) is 92.6 Å². The van der Waals surface area contributed by atoms with E-state index in [0.29, 0.717) is 0 Å². The van der Waals surface area contributed by atoms with Gasteiger partial charge in [-0.1, -0.05) is 174 Å². The van der Waals surface area contributed by atoms with Crippen LogP contribution in [0, 0.1) is 0 Å². The number of aromatic hydroxyl groups is 3. The number of hydrogen-bond donors (Lipinski definition) is 3. The summed E-state index contributed by atoms with van der Waals surface area (Å²) >= 11 is 83.7. The van der Waals surface area contributed by atoms with Gasteiger partial charge in [-0.25, -0.2) is 0 Å². The van der Waals surface area contributed by atoms with Gasteiger partial charge in [0.05, 0.1) is 45.2 Å². The molecular weight excluding hydrogens is 796 g/mol. The number of phenolic OH excluding ortho intramolecular Hbond substituents is 3. The first-order valence-corrected chi connectivity index (χ1v) is 13.7. The molecule has 0 heterocycles. The van der Waals surface area contributed by atoms with Gasteiger partial charge in [-0.15, -0.1) is 0 Å². The van der Waals surface area contributed by atoms with Crippen LogP contribution in [-0.4, -0.2) is 15.3 Å². The highest BCUT2D eigenvalue weighted by Crippen LogP contribution is 2.49. The van der Waals surface area contributed by atoms with Gasteiger partial charge in [-0.3, -0.25) is 0 Å². The molecule has 0 unspecified atom stereocenters. The molecule has 0 saturated carbocycles. The van der Waals surface area contributed by atoms with Crippen LogP contribution in [0.1, 0.15) is 0 Å². The third kappa shape index (κ3) is 7.78. The fourth-order valence-electron chi connectivity index (χ4n) is 1.78. The van der Waals surface area contributed by atoms with Gasteiger partial charge in [0.25, 0.3) is 0 Å². The molecule has 0 atom stereocenters. The predicted octanol–water partition coefficient (Wildman–Crippen LogP) is 14.0. The summed E-state index contributed by atoms with van der Waals surface area (Å²) in [6.45, 7) is 0. The van der Waals surface area contributed by atoms with Crippen molar-refractivity contribution in [3.8, 4) is 17.2 Å². The third-order valence-corrected chi connectivity index (χ3v) is 10.3. The topological polar surface area (TPSA) is 60.7 Å². The number of hydrogen-bond acceptors (Lipinski definition) is 3. The molecule has 36 heavy (non-hydrogen) atoms. The summed E-state index contributed by atoms with van der Waals surface area (Å²) in [5, 5.41) is 27.0. The second-order valence-corrected chi connectivity index (χ2v) is 11.4. The molecule has 0 radical (unpaired) electrons. The molecule has 3 aromatic rings. The summed E-state index contributed by atoms with van der Waals surface area (Å²) in [5.74, 6) is -1.09. The number of halogens is 15. The fourth-order valence-corrected chi connectivity index (χ4v) is 5.17. The minimum absolute atomic E-state index is 0.00904. The smallest absolute Gasteiger partial charge is 0.155 e. The maximum Gasteiger partial charge on any atom is 0.155 e. The van der Waals surface area contributed by atoms with Gasteiger partial charge < -0.3 is 15.3 Å². The Morgan fingerprint density at radius 2 is 0.278 bits per heavy atom. The average molecular weight is 799 g/mol. The van der Waals surface area contributed by atoms with Crippen LogP contribution in [0.5, 0.6) is 17.2 Å². The van der Waals surface area contributed by atoms with Gasteiger partial charge >= 0.3 is 0 Å². The zero-order valence-corrected chi connectivity index (χ0v) is 27.4. The molecule has 198 valence electrons. The van der Waals surface area contributed by atoms with Crippen molar-refractivity contribution < 1.29 is 15.3 Å². The summed E-state index contributed by atoms with van der Waals surface area (Å²) in [4.78, 5) is 0. The van der Waals surface area contributed by atoms with Crippen LogP contribution in [-0.2, 0) is 0 Å². The van der Waals surface area contributed by atoms with Crippen LogP contribution in [0.4, 0.5) is 0 Å². The van der Waals surface area contributed by atoms with E-state index in [2.05, 4.69) is 0 Å². The van der Waals surface area contributed by atoms with E-state index in [9.17, 15) is 15.3 Å². The lowest BCUT2D eigenvalue weighted by Gasteiger charge is -2.06. The Bertz CT molecular complexity index is 851. The summed E-state index contributed by atoms with van der Waals surface area (Å²) in [5.41, 5.74) is 0. The summed E-state index contributed by atoms with van der Waals surface area (Å²) in [6.07, 6.45) is 0. The molecule has 0 amide bonds. The molecule has 3 rings (SSSR count). The van der Waals surface area contributed by atoms with E-state index in [1.165, 1.54) is 0 Å². The largest absolute Gasteiger partial charge is 0.505 e. The van der Waals surface area contributed by atoms with Crippen molar-refractivity contribution in [3.63, 3.8) is 0 Å². The molecule has 0 bridgehead atoms. The summed E-state index contributed by atoms with van der Waals surface area (Å²) < 4.78 is 0. The molecule has 0 saturated heterocycles. The first-order chi connectivity index (χ1) is 16.4. The van der Waals surface area contributed by atoms with Crippen molar-refractivity contribution >= 4 is 174 Å². The molecule has 3 nitrogen and oxygen atoms in total. The number of phenols is 3. The van der Waals surface area contributed by atoms with E-state index in [1.807, 2.05) is 0 Å².